The van der Waals surface area contributed by atoms with Crippen LogP contribution < -0.4 is 15.4 Å². The Balaban J connectivity index is 1.45. The summed E-state index contributed by atoms with van der Waals surface area (Å²) in [6, 6.07) is 9.19. The first kappa shape index (κ1) is 26.8. The first-order valence-corrected chi connectivity index (χ1v) is 13.3. The van der Waals surface area contributed by atoms with Gasteiger partial charge < -0.3 is 20.3 Å². The summed E-state index contributed by atoms with van der Waals surface area (Å²) >= 11 is 1.31. The maximum Gasteiger partial charge on any atom is 0.433 e. The molecule has 13 heteroatoms. The molecular formula is C26H26F3N7O2S. The van der Waals surface area contributed by atoms with Crippen LogP contribution in [0.25, 0.3) is 21.5 Å². The zero-order valence-corrected chi connectivity index (χ0v) is 22.1. The van der Waals surface area contributed by atoms with Crippen molar-refractivity contribution in [2.24, 2.45) is 0 Å². The number of pyridine rings is 1. The highest BCUT2D eigenvalue weighted by Gasteiger charge is 2.34. The molecule has 1 amide bonds. The first-order chi connectivity index (χ1) is 18.7. The van der Waals surface area contributed by atoms with Crippen molar-refractivity contribution in [2.45, 2.75) is 38.9 Å². The summed E-state index contributed by atoms with van der Waals surface area (Å²) in [5.74, 6) is 0.472. The van der Waals surface area contributed by atoms with Crippen LogP contribution in [-0.2, 0) is 11.0 Å². The van der Waals surface area contributed by atoms with Crippen molar-refractivity contribution in [2.75, 3.05) is 30.3 Å². The van der Waals surface area contributed by atoms with Crippen LogP contribution in [0.2, 0.25) is 0 Å². The van der Waals surface area contributed by atoms with Crippen LogP contribution in [0.15, 0.2) is 42.7 Å². The number of hydrogen-bond donors (Lipinski definition) is 2. The summed E-state index contributed by atoms with van der Waals surface area (Å²) in [6.07, 6.45) is -1.49. The number of hydrogen-bond acceptors (Lipinski definition) is 9. The third-order valence-electron chi connectivity index (χ3n) is 6.14. The number of ether oxygens (including phenoxy) is 1. The second-order valence-electron chi connectivity index (χ2n) is 9.17. The standard InChI is InChI=1S/C26H26F3N7O2S/c1-3-10-36-11-9-16(13-36)33-24-17(7-8-21(34-24)26(27,28)29)18-12-22(31-14-30-18)38-19-5-4-6-20-23(19)35-25(39-20)32-15(2)37/h4-8,12,14,16H,3,9-11,13H2,1-2H3,(H,33,34)(H,32,35,37)/t16-/m1/s1. The van der Waals surface area contributed by atoms with E-state index in [-0.39, 0.29) is 23.6 Å². The third-order valence-corrected chi connectivity index (χ3v) is 7.07. The van der Waals surface area contributed by atoms with Gasteiger partial charge in [0.15, 0.2) is 10.9 Å². The van der Waals surface area contributed by atoms with Gasteiger partial charge >= 0.3 is 6.18 Å². The molecule has 1 aromatic carbocycles. The van der Waals surface area contributed by atoms with E-state index >= 15 is 0 Å². The minimum atomic E-state index is -4.58. The SMILES string of the molecule is CCCN1CC[C@@H](Nc2nc(C(F)(F)F)ccc2-c2cc(Oc3cccc4sc(NC(C)=O)nc34)ncn2)C1. The van der Waals surface area contributed by atoms with Crippen LogP contribution >= 0.6 is 11.3 Å². The van der Waals surface area contributed by atoms with Crippen molar-refractivity contribution in [3.8, 4) is 22.9 Å². The van der Waals surface area contributed by atoms with Gasteiger partial charge in [-0.1, -0.05) is 24.3 Å². The Labute approximate surface area is 226 Å². The van der Waals surface area contributed by atoms with E-state index in [1.165, 1.54) is 30.7 Å². The number of amides is 1. The van der Waals surface area contributed by atoms with E-state index in [0.717, 1.165) is 43.2 Å². The van der Waals surface area contributed by atoms with Gasteiger partial charge in [-0.3, -0.25) is 4.79 Å². The summed E-state index contributed by atoms with van der Waals surface area (Å²) in [7, 11) is 0. The van der Waals surface area contributed by atoms with Crippen molar-refractivity contribution < 1.29 is 22.7 Å². The van der Waals surface area contributed by atoms with Crippen LogP contribution in [0.4, 0.5) is 24.1 Å². The normalized spacial score (nSPS) is 16.0. The topological polar surface area (TPSA) is 105 Å². The van der Waals surface area contributed by atoms with Gasteiger partial charge in [0, 0.05) is 37.7 Å². The van der Waals surface area contributed by atoms with E-state index in [4.69, 9.17) is 4.74 Å². The molecule has 4 aromatic rings. The number of benzene rings is 1. The molecule has 5 rings (SSSR count). The molecule has 9 nitrogen and oxygen atoms in total. The lowest BCUT2D eigenvalue weighted by Crippen LogP contribution is -2.27. The molecule has 0 radical (unpaired) electrons. The van der Waals surface area contributed by atoms with Gasteiger partial charge in [-0.15, -0.1) is 0 Å². The van der Waals surface area contributed by atoms with Crippen molar-refractivity contribution in [3.05, 3.63) is 48.4 Å². The lowest BCUT2D eigenvalue weighted by Gasteiger charge is -2.19. The molecule has 39 heavy (non-hydrogen) atoms. The number of thiazole rings is 1. The summed E-state index contributed by atoms with van der Waals surface area (Å²) in [6.45, 7) is 6.03. The molecule has 0 unspecified atom stereocenters. The van der Waals surface area contributed by atoms with Crippen molar-refractivity contribution >= 4 is 38.4 Å². The van der Waals surface area contributed by atoms with E-state index in [1.54, 1.807) is 18.2 Å². The number of likely N-dealkylation sites (tertiary alicyclic amines) is 1. The molecule has 0 aliphatic carbocycles. The Kier molecular flexibility index (Phi) is 7.62. The maximum absolute atomic E-state index is 13.5. The lowest BCUT2D eigenvalue weighted by atomic mass is 10.1. The van der Waals surface area contributed by atoms with Crippen molar-refractivity contribution in [1.29, 1.82) is 0 Å². The predicted molar refractivity (Wildman–Crippen MR) is 143 cm³/mol. The smallest absolute Gasteiger partial charge is 0.433 e. The molecule has 0 spiro atoms. The van der Waals surface area contributed by atoms with Gasteiger partial charge in [0.1, 0.15) is 23.4 Å². The van der Waals surface area contributed by atoms with Crippen molar-refractivity contribution in [1.82, 2.24) is 24.8 Å². The molecular weight excluding hydrogens is 531 g/mol. The number of nitrogens with one attached hydrogen (secondary N) is 2. The molecule has 2 N–H and O–H groups in total. The number of carbonyl (C=O) groups excluding carboxylic acids is 1. The molecule has 1 atom stereocenters. The van der Waals surface area contributed by atoms with E-state index in [2.05, 4.69) is 42.4 Å². The summed E-state index contributed by atoms with van der Waals surface area (Å²) in [4.78, 5) is 30.6. The number of alkyl halides is 3. The van der Waals surface area contributed by atoms with E-state index < -0.39 is 11.9 Å². The van der Waals surface area contributed by atoms with Gasteiger partial charge in [0.05, 0.1) is 10.4 Å². The zero-order chi connectivity index (χ0) is 27.6. The van der Waals surface area contributed by atoms with Gasteiger partial charge in [-0.2, -0.15) is 13.2 Å². The van der Waals surface area contributed by atoms with E-state index in [1.807, 2.05) is 6.07 Å². The fourth-order valence-electron chi connectivity index (χ4n) is 4.46. The second-order valence-corrected chi connectivity index (χ2v) is 10.2. The maximum atomic E-state index is 13.5. The van der Waals surface area contributed by atoms with Crippen LogP contribution in [0.5, 0.6) is 11.6 Å². The molecule has 0 saturated carbocycles. The Hall–Kier alpha value is -3.84. The van der Waals surface area contributed by atoms with Crippen LogP contribution in [0, 0.1) is 0 Å². The monoisotopic (exact) mass is 557 g/mol. The predicted octanol–water partition coefficient (Wildman–Crippen LogP) is 5.81. The minimum absolute atomic E-state index is 0.0380. The second kappa shape index (κ2) is 11.1. The van der Waals surface area contributed by atoms with Gasteiger partial charge in [0.25, 0.3) is 0 Å². The Bertz CT molecular complexity index is 1490. The van der Waals surface area contributed by atoms with Crippen molar-refractivity contribution in [3.63, 3.8) is 0 Å². The Morgan fingerprint density at radius 2 is 2.05 bits per heavy atom. The molecule has 1 fully saturated rings. The molecule has 4 heterocycles. The molecule has 204 valence electrons. The van der Waals surface area contributed by atoms with Gasteiger partial charge in [-0.05, 0) is 43.7 Å². The Morgan fingerprint density at radius 1 is 1.21 bits per heavy atom. The molecule has 1 saturated heterocycles. The quantitative estimate of drug-likeness (QED) is 0.280. The summed E-state index contributed by atoms with van der Waals surface area (Å²) in [5, 5.41) is 6.33. The van der Waals surface area contributed by atoms with Crippen LogP contribution in [-0.4, -0.2) is 56.4 Å². The van der Waals surface area contributed by atoms with Crippen LogP contribution in [0.1, 0.15) is 32.4 Å². The highest BCUT2D eigenvalue weighted by atomic mass is 32.1. The molecule has 1 aliphatic heterocycles. The highest BCUT2D eigenvalue weighted by Crippen LogP contribution is 2.37. The summed E-state index contributed by atoms with van der Waals surface area (Å²) < 4.78 is 47.4. The fraction of sp³-hybridized carbons (Fsp3) is 0.346. The zero-order valence-electron chi connectivity index (χ0n) is 21.2. The molecule has 0 bridgehead atoms. The third kappa shape index (κ3) is 6.25. The number of nitrogens with zero attached hydrogens (tertiary/aromatic N) is 5. The number of para-hydroxylation sites is 1. The van der Waals surface area contributed by atoms with E-state index in [0.29, 0.717) is 27.7 Å². The van der Waals surface area contributed by atoms with Gasteiger partial charge in [0.2, 0.25) is 11.8 Å². The minimum Gasteiger partial charge on any atom is -0.437 e. The fourth-order valence-corrected chi connectivity index (χ4v) is 5.39. The number of aromatic nitrogens is 4. The Morgan fingerprint density at radius 3 is 2.82 bits per heavy atom. The average Bonchev–Trinajstić information content (AvgIpc) is 3.50. The number of fused-ring (bicyclic) bond motifs is 1. The number of rotatable bonds is 8. The lowest BCUT2D eigenvalue weighted by molar-refractivity contribution is -0.141. The highest BCUT2D eigenvalue weighted by molar-refractivity contribution is 7.22. The molecule has 3 aromatic heterocycles. The van der Waals surface area contributed by atoms with Crippen LogP contribution in [0.3, 0.4) is 0 Å². The summed E-state index contributed by atoms with van der Waals surface area (Å²) in [5.41, 5.74) is 0.330. The average molecular weight is 558 g/mol. The largest absolute Gasteiger partial charge is 0.437 e. The van der Waals surface area contributed by atoms with E-state index in [9.17, 15) is 18.0 Å². The molecule has 1 aliphatic rings. The number of anilines is 2. The number of halogens is 3. The van der Waals surface area contributed by atoms with Gasteiger partial charge in [-0.25, -0.2) is 19.9 Å². The first-order valence-electron chi connectivity index (χ1n) is 12.4. The number of carbonyl (C=O) groups is 1.